The van der Waals surface area contributed by atoms with E-state index in [0.29, 0.717) is 24.7 Å². The summed E-state index contributed by atoms with van der Waals surface area (Å²) in [4.78, 5) is 0. The van der Waals surface area contributed by atoms with Crippen LogP contribution in [-0.2, 0) is 16.1 Å². The fourth-order valence-corrected chi connectivity index (χ4v) is 1.74. The van der Waals surface area contributed by atoms with Gasteiger partial charge < -0.3 is 9.47 Å². The van der Waals surface area contributed by atoms with Crippen molar-refractivity contribution in [3.63, 3.8) is 0 Å². The van der Waals surface area contributed by atoms with Crippen molar-refractivity contribution >= 4 is 0 Å². The van der Waals surface area contributed by atoms with Crippen LogP contribution in [0.25, 0.3) is 0 Å². The molecule has 2 nitrogen and oxygen atoms in total. The maximum atomic E-state index is 5.60. The molecule has 1 aromatic rings. The van der Waals surface area contributed by atoms with Gasteiger partial charge in [-0.05, 0) is 11.5 Å². The molecule has 0 spiro atoms. The smallest absolute Gasteiger partial charge is 0.108 e. The number of rotatable bonds is 5. The first-order chi connectivity index (χ1) is 7.27. The summed E-state index contributed by atoms with van der Waals surface area (Å²) < 4.78 is 11.1. The Morgan fingerprint density at radius 1 is 1.27 bits per heavy atom. The van der Waals surface area contributed by atoms with E-state index in [2.05, 4.69) is 26.0 Å². The van der Waals surface area contributed by atoms with Crippen molar-refractivity contribution in [3.05, 3.63) is 35.9 Å². The lowest BCUT2D eigenvalue weighted by molar-refractivity contribution is 0.104. The number of benzene rings is 1. The predicted molar refractivity (Wildman–Crippen MR) is 59.6 cm³/mol. The van der Waals surface area contributed by atoms with Crippen molar-refractivity contribution in [1.82, 2.24) is 0 Å². The summed E-state index contributed by atoms with van der Waals surface area (Å²) in [7, 11) is 0. The average Bonchev–Trinajstić information content (AvgIpc) is 2.99. The van der Waals surface area contributed by atoms with Crippen molar-refractivity contribution in [1.29, 1.82) is 0 Å². The molecule has 1 fully saturated rings. The monoisotopic (exact) mass is 206 g/mol. The minimum absolute atomic E-state index is 0.328. The summed E-state index contributed by atoms with van der Waals surface area (Å²) in [6.07, 6.45) is 0.745. The molecule has 0 unspecified atom stereocenters. The van der Waals surface area contributed by atoms with Crippen LogP contribution < -0.4 is 0 Å². The summed E-state index contributed by atoms with van der Waals surface area (Å²) >= 11 is 0. The second kappa shape index (κ2) is 4.77. The Balaban J connectivity index is 1.65. The second-order valence-electron chi connectivity index (χ2n) is 4.38. The molecule has 82 valence electrons. The van der Waals surface area contributed by atoms with Gasteiger partial charge in [-0.15, -0.1) is 0 Å². The van der Waals surface area contributed by atoms with Gasteiger partial charge in [0.2, 0.25) is 0 Å². The Kier molecular flexibility index (Phi) is 3.39. The van der Waals surface area contributed by atoms with Crippen LogP contribution in [0.5, 0.6) is 0 Å². The maximum Gasteiger partial charge on any atom is 0.108 e. The number of hydrogen-bond donors (Lipinski definition) is 0. The van der Waals surface area contributed by atoms with E-state index in [4.69, 9.17) is 9.47 Å². The van der Waals surface area contributed by atoms with E-state index < -0.39 is 0 Å². The highest BCUT2D eigenvalue weighted by molar-refractivity contribution is 5.13. The second-order valence-corrected chi connectivity index (χ2v) is 4.38. The highest BCUT2D eigenvalue weighted by Gasteiger charge is 2.40. The van der Waals surface area contributed by atoms with Gasteiger partial charge in [-0.3, -0.25) is 0 Å². The molecule has 0 amide bonds. The summed E-state index contributed by atoms with van der Waals surface area (Å²) in [6.45, 7) is 5.77. The largest absolute Gasteiger partial charge is 0.374 e. The van der Waals surface area contributed by atoms with E-state index in [1.165, 1.54) is 5.56 Å². The SMILES string of the molecule is CC(C)[C@@H]1O[C@H]1COCc1ccccc1. The Hall–Kier alpha value is -0.860. The Labute approximate surface area is 91.2 Å². The van der Waals surface area contributed by atoms with Crippen molar-refractivity contribution in [2.24, 2.45) is 5.92 Å². The first-order valence-corrected chi connectivity index (χ1v) is 5.54. The molecule has 1 heterocycles. The van der Waals surface area contributed by atoms with Gasteiger partial charge >= 0.3 is 0 Å². The molecule has 2 rings (SSSR count). The summed E-state index contributed by atoms with van der Waals surface area (Å²) in [6, 6.07) is 10.2. The van der Waals surface area contributed by atoms with Crippen LogP contribution in [0.1, 0.15) is 19.4 Å². The number of hydrogen-bond acceptors (Lipinski definition) is 2. The van der Waals surface area contributed by atoms with Crippen LogP contribution in [0, 0.1) is 5.92 Å². The van der Waals surface area contributed by atoms with Crippen LogP contribution >= 0.6 is 0 Å². The zero-order valence-corrected chi connectivity index (χ0v) is 9.35. The molecule has 1 aromatic carbocycles. The molecular weight excluding hydrogens is 188 g/mol. The zero-order chi connectivity index (χ0) is 10.7. The first-order valence-electron chi connectivity index (χ1n) is 5.54. The molecule has 2 atom stereocenters. The van der Waals surface area contributed by atoms with Gasteiger partial charge in [-0.25, -0.2) is 0 Å². The molecule has 0 saturated carbocycles. The van der Waals surface area contributed by atoms with Crippen LogP contribution in [0.4, 0.5) is 0 Å². The van der Waals surface area contributed by atoms with Crippen molar-refractivity contribution in [2.45, 2.75) is 32.7 Å². The molecule has 0 aromatic heterocycles. The third-order valence-corrected chi connectivity index (χ3v) is 2.67. The van der Waals surface area contributed by atoms with E-state index >= 15 is 0 Å². The molecule has 15 heavy (non-hydrogen) atoms. The predicted octanol–water partition coefficient (Wildman–Crippen LogP) is 2.63. The van der Waals surface area contributed by atoms with E-state index in [9.17, 15) is 0 Å². The molecule has 2 heteroatoms. The highest BCUT2D eigenvalue weighted by Crippen LogP contribution is 2.29. The molecule has 0 aliphatic carbocycles. The van der Waals surface area contributed by atoms with Crippen LogP contribution in [-0.4, -0.2) is 18.8 Å². The van der Waals surface area contributed by atoms with E-state index in [0.717, 1.165) is 6.61 Å². The average molecular weight is 206 g/mol. The fraction of sp³-hybridized carbons (Fsp3) is 0.538. The van der Waals surface area contributed by atoms with Crippen molar-refractivity contribution in [3.8, 4) is 0 Å². The third kappa shape index (κ3) is 3.05. The summed E-state index contributed by atoms with van der Waals surface area (Å²) in [5.74, 6) is 0.607. The number of ether oxygens (including phenoxy) is 2. The fourth-order valence-electron chi connectivity index (χ4n) is 1.74. The topological polar surface area (TPSA) is 21.8 Å². The lowest BCUT2D eigenvalue weighted by Gasteiger charge is -2.02. The van der Waals surface area contributed by atoms with Crippen molar-refractivity contribution < 1.29 is 9.47 Å². The van der Waals surface area contributed by atoms with E-state index in [-0.39, 0.29) is 0 Å². The van der Waals surface area contributed by atoms with Gasteiger partial charge in [0, 0.05) is 0 Å². The summed E-state index contributed by atoms with van der Waals surface area (Å²) in [5, 5.41) is 0. The van der Waals surface area contributed by atoms with E-state index in [1.807, 2.05) is 18.2 Å². The number of epoxide rings is 1. The molecule has 1 saturated heterocycles. The highest BCUT2D eigenvalue weighted by atomic mass is 16.6. The van der Waals surface area contributed by atoms with Gasteiger partial charge in [0.25, 0.3) is 0 Å². The minimum Gasteiger partial charge on any atom is -0.374 e. The quantitative estimate of drug-likeness (QED) is 0.691. The third-order valence-electron chi connectivity index (χ3n) is 2.67. The van der Waals surface area contributed by atoms with Gasteiger partial charge in [0.15, 0.2) is 0 Å². The van der Waals surface area contributed by atoms with Gasteiger partial charge in [0.1, 0.15) is 6.10 Å². The van der Waals surface area contributed by atoms with E-state index in [1.54, 1.807) is 0 Å². The zero-order valence-electron chi connectivity index (χ0n) is 9.35. The molecular formula is C13H18O2. The molecule has 1 aliphatic rings. The Morgan fingerprint density at radius 3 is 2.60 bits per heavy atom. The summed E-state index contributed by atoms with van der Waals surface area (Å²) in [5.41, 5.74) is 1.22. The Morgan fingerprint density at radius 2 is 2.00 bits per heavy atom. The van der Waals surface area contributed by atoms with Crippen LogP contribution in [0.3, 0.4) is 0 Å². The van der Waals surface area contributed by atoms with Crippen LogP contribution in [0.15, 0.2) is 30.3 Å². The molecule has 0 bridgehead atoms. The maximum absolute atomic E-state index is 5.60. The molecule has 0 radical (unpaired) electrons. The normalized spacial score (nSPS) is 24.5. The standard InChI is InChI=1S/C13H18O2/c1-10(2)13-12(15-13)9-14-8-11-6-4-3-5-7-11/h3-7,10,12-13H,8-9H2,1-2H3/t12-,13-/m0/s1. The van der Waals surface area contributed by atoms with Gasteiger partial charge in [0.05, 0.1) is 19.3 Å². The Bertz CT molecular complexity index is 295. The lowest BCUT2D eigenvalue weighted by Crippen LogP contribution is -2.08. The minimum atomic E-state index is 0.328. The first kappa shape index (κ1) is 10.7. The van der Waals surface area contributed by atoms with Gasteiger partial charge in [-0.2, -0.15) is 0 Å². The molecule has 0 N–H and O–H groups in total. The molecule has 1 aliphatic heterocycles. The van der Waals surface area contributed by atoms with Crippen LogP contribution in [0.2, 0.25) is 0 Å². The lowest BCUT2D eigenvalue weighted by atomic mass is 10.1. The van der Waals surface area contributed by atoms with Crippen molar-refractivity contribution in [2.75, 3.05) is 6.61 Å². The van der Waals surface area contributed by atoms with Gasteiger partial charge in [-0.1, -0.05) is 44.2 Å².